The fourth-order valence-electron chi connectivity index (χ4n) is 1.65. The first kappa shape index (κ1) is 14.9. The molecule has 1 atom stereocenters. The first-order chi connectivity index (χ1) is 7.35. The summed E-state index contributed by atoms with van der Waals surface area (Å²) in [6, 6.07) is 0. The molecule has 0 unspecified atom stereocenters. The van der Waals surface area contributed by atoms with Crippen molar-refractivity contribution >= 4 is 0 Å². The van der Waals surface area contributed by atoms with Crippen LogP contribution >= 0.6 is 0 Å². The molecule has 0 aromatic heterocycles. The third-order valence-electron chi connectivity index (χ3n) is 2.84. The molecule has 92 valence electrons. The lowest BCUT2D eigenvalue weighted by Gasteiger charge is -2.15. The van der Waals surface area contributed by atoms with Crippen LogP contribution in [0.1, 0.15) is 52.9 Å². The minimum absolute atomic E-state index is 0.790. The Morgan fingerprint density at radius 1 is 1.13 bits per heavy atom. The zero-order valence-corrected chi connectivity index (χ0v) is 10.8. The molecule has 1 N–H and O–H groups in total. The Labute approximate surface area is 95.8 Å². The van der Waals surface area contributed by atoms with Crippen LogP contribution in [0.2, 0.25) is 0 Å². The van der Waals surface area contributed by atoms with E-state index in [1.165, 1.54) is 38.6 Å². The molecule has 0 aromatic rings. The number of rotatable bonds is 11. The Morgan fingerprint density at radius 3 is 2.53 bits per heavy atom. The molecule has 0 fully saturated rings. The van der Waals surface area contributed by atoms with Crippen LogP contribution in [0.4, 0.5) is 0 Å². The SMILES string of the molecule is CCCCCNC[C@H](CC)CCOCC. The summed E-state index contributed by atoms with van der Waals surface area (Å²) in [5.41, 5.74) is 0. The van der Waals surface area contributed by atoms with Crippen molar-refractivity contribution in [2.45, 2.75) is 52.9 Å². The molecule has 0 radical (unpaired) electrons. The van der Waals surface area contributed by atoms with Gasteiger partial charge < -0.3 is 10.1 Å². The summed E-state index contributed by atoms with van der Waals surface area (Å²) in [5.74, 6) is 0.790. The number of hydrogen-bond donors (Lipinski definition) is 1. The Balaban J connectivity index is 3.28. The standard InChI is InChI=1S/C13H29NO/c1-4-7-8-10-14-12-13(5-2)9-11-15-6-3/h13-14H,4-12H2,1-3H3/t13-/m1/s1. The van der Waals surface area contributed by atoms with Gasteiger partial charge in [0.25, 0.3) is 0 Å². The van der Waals surface area contributed by atoms with E-state index in [9.17, 15) is 0 Å². The third kappa shape index (κ3) is 10.2. The van der Waals surface area contributed by atoms with Gasteiger partial charge in [0, 0.05) is 13.2 Å². The van der Waals surface area contributed by atoms with Gasteiger partial charge in [0.15, 0.2) is 0 Å². The smallest absolute Gasteiger partial charge is 0.0469 e. The summed E-state index contributed by atoms with van der Waals surface area (Å²) in [6.45, 7) is 10.7. The van der Waals surface area contributed by atoms with E-state index in [4.69, 9.17) is 4.74 Å². The average Bonchev–Trinajstić information content (AvgIpc) is 2.26. The number of unbranched alkanes of at least 4 members (excludes halogenated alkanes) is 2. The first-order valence-corrected chi connectivity index (χ1v) is 6.63. The molecule has 0 heterocycles. The van der Waals surface area contributed by atoms with E-state index in [2.05, 4.69) is 26.1 Å². The number of ether oxygens (including phenoxy) is 1. The van der Waals surface area contributed by atoms with Gasteiger partial charge in [-0.15, -0.1) is 0 Å². The Morgan fingerprint density at radius 2 is 1.93 bits per heavy atom. The van der Waals surface area contributed by atoms with Gasteiger partial charge in [-0.2, -0.15) is 0 Å². The van der Waals surface area contributed by atoms with Crippen molar-refractivity contribution in [3.63, 3.8) is 0 Å². The van der Waals surface area contributed by atoms with Crippen molar-refractivity contribution < 1.29 is 4.74 Å². The molecule has 0 aromatic carbocycles. The molecule has 2 nitrogen and oxygen atoms in total. The van der Waals surface area contributed by atoms with Gasteiger partial charge in [-0.05, 0) is 38.8 Å². The maximum atomic E-state index is 5.38. The molecule has 0 saturated heterocycles. The van der Waals surface area contributed by atoms with E-state index in [0.29, 0.717) is 0 Å². The van der Waals surface area contributed by atoms with Crippen molar-refractivity contribution in [2.75, 3.05) is 26.3 Å². The van der Waals surface area contributed by atoms with Crippen LogP contribution in [-0.2, 0) is 4.74 Å². The van der Waals surface area contributed by atoms with Crippen molar-refractivity contribution in [3.8, 4) is 0 Å². The maximum Gasteiger partial charge on any atom is 0.0469 e. The zero-order chi connectivity index (χ0) is 11.4. The summed E-state index contributed by atoms with van der Waals surface area (Å²) in [6.07, 6.45) is 6.43. The molecule has 0 amide bonds. The van der Waals surface area contributed by atoms with Gasteiger partial charge in [-0.3, -0.25) is 0 Å². The molecule has 0 bridgehead atoms. The fourth-order valence-corrected chi connectivity index (χ4v) is 1.65. The Bertz CT molecular complexity index is 117. The quantitative estimate of drug-likeness (QED) is 0.534. The van der Waals surface area contributed by atoms with Crippen LogP contribution < -0.4 is 5.32 Å². The Kier molecular flexibility index (Phi) is 11.9. The summed E-state index contributed by atoms with van der Waals surface area (Å²) in [5, 5.41) is 3.54. The molecule has 2 heteroatoms. The number of hydrogen-bond acceptors (Lipinski definition) is 2. The molecule has 0 rings (SSSR count). The first-order valence-electron chi connectivity index (χ1n) is 6.63. The lowest BCUT2D eigenvalue weighted by atomic mass is 10.0. The van der Waals surface area contributed by atoms with Crippen LogP contribution in [0.3, 0.4) is 0 Å². The number of nitrogens with one attached hydrogen (secondary N) is 1. The van der Waals surface area contributed by atoms with Crippen molar-refractivity contribution in [1.82, 2.24) is 5.32 Å². The van der Waals surface area contributed by atoms with Crippen LogP contribution in [0.5, 0.6) is 0 Å². The van der Waals surface area contributed by atoms with Crippen LogP contribution in [-0.4, -0.2) is 26.3 Å². The van der Waals surface area contributed by atoms with E-state index in [-0.39, 0.29) is 0 Å². The van der Waals surface area contributed by atoms with Gasteiger partial charge in [-0.1, -0.05) is 33.1 Å². The maximum absolute atomic E-state index is 5.38. The van der Waals surface area contributed by atoms with Gasteiger partial charge in [-0.25, -0.2) is 0 Å². The second-order valence-corrected chi connectivity index (χ2v) is 4.17. The monoisotopic (exact) mass is 215 g/mol. The van der Waals surface area contributed by atoms with E-state index in [1.807, 2.05) is 0 Å². The molecule has 0 saturated carbocycles. The van der Waals surface area contributed by atoms with Crippen molar-refractivity contribution in [3.05, 3.63) is 0 Å². The predicted octanol–water partition coefficient (Wildman–Crippen LogP) is 3.22. The third-order valence-corrected chi connectivity index (χ3v) is 2.84. The highest BCUT2D eigenvalue weighted by Gasteiger charge is 2.04. The Hall–Kier alpha value is -0.0800. The van der Waals surface area contributed by atoms with Gasteiger partial charge >= 0.3 is 0 Å². The van der Waals surface area contributed by atoms with Crippen LogP contribution in [0, 0.1) is 5.92 Å². The minimum atomic E-state index is 0.790. The van der Waals surface area contributed by atoms with E-state index in [0.717, 1.165) is 25.7 Å². The molecular weight excluding hydrogens is 186 g/mol. The largest absolute Gasteiger partial charge is 0.382 e. The van der Waals surface area contributed by atoms with E-state index >= 15 is 0 Å². The summed E-state index contributed by atoms with van der Waals surface area (Å²) in [4.78, 5) is 0. The lowest BCUT2D eigenvalue weighted by molar-refractivity contribution is 0.131. The van der Waals surface area contributed by atoms with Crippen LogP contribution in [0.25, 0.3) is 0 Å². The molecule has 0 aliphatic rings. The van der Waals surface area contributed by atoms with Crippen molar-refractivity contribution in [1.29, 1.82) is 0 Å². The highest BCUT2D eigenvalue weighted by Crippen LogP contribution is 2.06. The normalized spacial score (nSPS) is 13.0. The van der Waals surface area contributed by atoms with E-state index < -0.39 is 0 Å². The lowest BCUT2D eigenvalue weighted by Crippen LogP contribution is -2.24. The van der Waals surface area contributed by atoms with Gasteiger partial charge in [0.2, 0.25) is 0 Å². The van der Waals surface area contributed by atoms with Crippen LogP contribution in [0.15, 0.2) is 0 Å². The average molecular weight is 215 g/mol. The highest BCUT2D eigenvalue weighted by molar-refractivity contribution is 4.60. The summed E-state index contributed by atoms with van der Waals surface area (Å²) in [7, 11) is 0. The van der Waals surface area contributed by atoms with E-state index in [1.54, 1.807) is 0 Å². The minimum Gasteiger partial charge on any atom is -0.382 e. The zero-order valence-electron chi connectivity index (χ0n) is 10.8. The van der Waals surface area contributed by atoms with Gasteiger partial charge in [0.05, 0.1) is 0 Å². The topological polar surface area (TPSA) is 21.3 Å². The predicted molar refractivity (Wildman–Crippen MR) is 67.3 cm³/mol. The molecule has 0 aliphatic carbocycles. The fraction of sp³-hybridized carbons (Fsp3) is 1.00. The highest BCUT2D eigenvalue weighted by atomic mass is 16.5. The van der Waals surface area contributed by atoms with Gasteiger partial charge in [0.1, 0.15) is 0 Å². The molecule has 0 spiro atoms. The second-order valence-electron chi connectivity index (χ2n) is 4.17. The molecule has 0 aliphatic heterocycles. The second kappa shape index (κ2) is 12.0. The summed E-state index contributed by atoms with van der Waals surface area (Å²) < 4.78 is 5.38. The summed E-state index contributed by atoms with van der Waals surface area (Å²) >= 11 is 0. The van der Waals surface area contributed by atoms with Crippen molar-refractivity contribution in [2.24, 2.45) is 5.92 Å². The molecular formula is C13H29NO. The molecule has 15 heavy (non-hydrogen) atoms.